The summed E-state index contributed by atoms with van der Waals surface area (Å²) >= 11 is 0. The molecule has 2 saturated heterocycles. The van der Waals surface area contributed by atoms with Gasteiger partial charge in [-0.3, -0.25) is 9.69 Å². The molecule has 2 fully saturated rings. The molecule has 128 valence electrons. The first-order valence-corrected chi connectivity index (χ1v) is 8.23. The molecule has 2 aliphatic rings. The van der Waals surface area contributed by atoms with Gasteiger partial charge in [0.2, 0.25) is 0 Å². The summed E-state index contributed by atoms with van der Waals surface area (Å²) in [4.78, 5) is 16.7. The van der Waals surface area contributed by atoms with E-state index in [1.165, 1.54) is 6.26 Å². The third kappa shape index (κ3) is 2.63. The van der Waals surface area contributed by atoms with Crippen LogP contribution in [0.1, 0.15) is 27.6 Å². The SMILES string of the molecule is Cc1noc(C)c1CN1CCO[C@H]2CN(C(=O)c3ccco3)C[C@H]21. The third-order valence-corrected chi connectivity index (χ3v) is 4.98. The van der Waals surface area contributed by atoms with Crippen molar-refractivity contribution in [1.29, 1.82) is 0 Å². The van der Waals surface area contributed by atoms with Crippen molar-refractivity contribution < 1.29 is 18.5 Å². The van der Waals surface area contributed by atoms with Gasteiger partial charge in [-0.1, -0.05) is 5.16 Å². The molecule has 4 heterocycles. The Bertz CT molecular complexity index is 705. The molecule has 0 unspecified atom stereocenters. The summed E-state index contributed by atoms with van der Waals surface area (Å²) in [5, 5.41) is 4.03. The molecule has 4 rings (SSSR count). The van der Waals surface area contributed by atoms with E-state index in [1.54, 1.807) is 12.1 Å². The zero-order valence-corrected chi connectivity index (χ0v) is 13.9. The first-order chi connectivity index (χ1) is 11.6. The van der Waals surface area contributed by atoms with Crippen molar-refractivity contribution in [2.75, 3.05) is 26.2 Å². The van der Waals surface area contributed by atoms with Gasteiger partial charge in [0.25, 0.3) is 5.91 Å². The quantitative estimate of drug-likeness (QED) is 0.851. The predicted molar refractivity (Wildman–Crippen MR) is 84.5 cm³/mol. The van der Waals surface area contributed by atoms with E-state index in [9.17, 15) is 4.79 Å². The van der Waals surface area contributed by atoms with Crippen LogP contribution in [0.15, 0.2) is 27.3 Å². The van der Waals surface area contributed by atoms with E-state index in [-0.39, 0.29) is 18.1 Å². The average molecular weight is 331 g/mol. The Morgan fingerprint density at radius 2 is 2.25 bits per heavy atom. The van der Waals surface area contributed by atoms with Crippen molar-refractivity contribution in [2.45, 2.75) is 32.5 Å². The summed E-state index contributed by atoms with van der Waals surface area (Å²) in [5.74, 6) is 1.17. The lowest BCUT2D eigenvalue weighted by molar-refractivity contribution is -0.0505. The fourth-order valence-corrected chi connectivity index (χ4v) is 3.61. The third-order valence-electron chi connectivity index (χ3n) is 4.98. The second-order valence-electron chi connectivity index (χ2n) is 6.44. The summed E-state index contributed by atoms with van der Waals surface area (Å²) in [7, 11) is 0. The molecule has 0 bridgehead atoms. The highest BCUT2D eigenvalue weighted by Gasteiger charge is 2.42. The van der Waals surface area contributed by atoms with E-state index >= 15 is 0 Å². The van der Waals surface area contributed by atoms with Gasteiger partial charge in [-0.05, 0) is 26.0 Å². The number of fused-ring (bicyclic) bond motifs is 1. The summed E-state index contributed by atoms with van der Waals surface area (Å²) in [5.41, 5.74) is 2.06. The molecule has 0 aliphatic carbocycles. The normalized spacial score (nSPS) is 24.3. The van der Waals surface area contributed by atoms with Crippen molar-refractivity contribution >= 4 is 5.91 Å². The number of rotatable bonds is 3. The molecule has 2 aromatic heterocycles. The minimum Gasteiger partial charge on any atom is -0.459 e. The molecule has 0 radical (unpaired) electrons. The zero-order valence-electron chi connectivity index (χ0n) is 13.9. The van der Waals surface area contributed by atoms with Gasteiger partial charge in [-0.15, -0.1) is 0 Å². The summed E-state index contributed by atoms with van der Waals surface area (Å²) in [6.07, 6.45) is 1.56. The number of furan rings is 1. The van der Waals surface area contributed by atoms with Gasteiger partial charge in [0.1, 0.15) is 5.76 Å². The highest BCUT2D eigenvalue weighted by Crippen LogP contribution is 2.27. The van der Waals surface area contributed by atoms with E-state index < -0.39 is 0 Å². The lowest BCUT2D eigenvalue weighted by atomic mass is 10.1. The molecule has 0 aromatic carbocycles. The van der Waals surface area contributed by atoms with E-state index in [1.807, 2.05) is 18.7 Å². The van der Waals surface area contributed by atoms with Crippen LogP contribution in [0.4, 0.5) is 0 Å². The van der Waals surface area contributed by atoms with E-state index in [2.05, 4.69) is 10.1 Å². The maximum atomic E-state index is 12.5. The summed E-state index contributed by atoms with van der Waals surface area (Å²) in [6, 6.07) is 3.62. The number of aromatic nitrogens is 1. The fourth-order valence-electron chi connectivity index (χ4n) is 3.61. The van der Waals surface area contributed by atoms with Crippen LogP contribution < -0.4 is 0 Å². The van der Waals surface area contributed by atoms with Gasteiger partial charge in [0, 0.05) is 31.7 Å². The Kier molecular flexibility index (Phi) is 3.90. The second-order valence-corrected chi connectivity index (χ2v) is 6.44. The van der Waals surface area contributed by atoms with E-state index in [0.29, 0.717) is 25.5 Å². The Hall–Kier alpha value is -2.12. The van der Waals surface area contributed by atoms with Crippen molar-refractivity contribution in [2.24, 2.45) is 0 Å². The first-order valence-electron chi connectivity index (χ1n) is 8.23. The van der Waals surface area contributed by atoms with Gasteiger partial charge in [0.05, 0.1) is 30.7 Å². The van der Waals surface area contributed by atoms with Crippen LogP contribution in [0, 0.1) is 13.8 Å². The van der Waals surface area contributed by atoms with Crippen LogP contribution in [0.25, 0.3) is 0 Å². The number of aryl methyl sites for hydroxylation is 2. The number of morpholine rings is 1. The smallest absolute Gasteiger partial charge is 0.289 e. The zero-order chi connectivity index (χ0) is 16.7. The number of hydrogen-bond donors (Lipinski definition) is 0. The molecule has 0 N–H and O–H groups in total. The van der Waals surface area contributed by atoms with Gasteiger partial charge >= 0.3 is 0 Å². The molecular formula is C17H21N3O4. The van der Waals surface area contributed by atoms with Gasteiger partial charge < -0.3 is 18.6 Å². The Morgan fingerprint density at radius 1 is 1.38 bits per heavy atom. The number of likely N-dealkylation sites (tertiary alicyclic amines) is 1. The van der Waals surface area contributed by atoms with E-state index in [4.69, 9.17) is 13.7 Å². The molecule has 0 saturated carbocycles. The fraction of sp³-hybridized carbons (Fsp3) is 0.529. The minimum absolute atomic E-state index is 0.0399. The summed E-state index contributed by atoms with van der Waals surface area (Å²) < 4.78 is 16.4. The largest absolute Gasteiger partial charge is 0.459 e. The van der Waals surface area contributed by atoms with Crippen molar-refractivity contribution in [3.05, 3.63) is 41.2 Å². The maximum Gasteiger partial charge on any atom is 0.289 e. The molecule has 0 spiro atoms. The van der Waals surface area contributed by atoms with Gasteiger partial charge in [-0.2, -0.15) is 0 Å². The number of carbonyl (C=O) groups is 1. The van der Waals surface area contributed by atoms with Crippen LogP contribution in [-0.2, 0) is 11.3 Å². The number of nitrogens with zero attached hydrogens (tertiary/aromatic N) is 3. The van der Waals surface area contributed by atoms with E-state index in [0.717, 1.165) is 30.1 Å². The minimum atomic E-state index is -0.0738. The van der Waals surface area contributed by atoms with Crippen molar-refractivity contribution in [3.63, 3.8) is 0 Å². The lowest BCUT2D eigenvalue weighted by Gasteiger charge is -2.36. The number of ether oxygens (including phenoxy) is 1. The van der Waals surface area contributed by atoms with Gasteiger partial charge in [0.15, 0.2) is 5.76 Å². The van der Waals surface area contributed by atoms with Crippen LogP contribution in [0.3, 0.4) is 0 Å². The summed E-state index contributed by atoms with van der Waals surface area (Å²) in [6.45, 7) is 7.44. The number of amides is 1. The first kappa shape index (κ1) is 15.4. The van der Waals surface area contributed by atoms with Gasteiger partial charge in [-0.25, -0.2) is 0 Å². The molecule has 1 amide bonds. The van der Waals surface area contributed by atoms with Crippen LogP contribution >= 0.6 is 0 Å². The molecule has 7 heteroatoms. The van der Waals surface area contributed by atoms with Crippen molar-refractivity contribution in [3.8, 4) is 0 Å². The number of hydrogen-bond acceptors (Lipinski definition) is 6. The highest BCUT2D eigenvalue weighted by molar-refractivity contribution is 5.91. The lowest BCUT2D eigenvalue weighted by Crippen LogP contribution is -2.50. The van der Waals surface area contributed by atoms with Crippen molar-refractivity contribution in [1.82, 2.24) is 15.0 Å². The second kappa shape index (κ2) is 6.07. The topological polar surface area (TPSA) is 72.0 Å². The Balaban J connectivity index is 1.50. The molecule has 7 nitrogen and oxygen atoms in total. The molecular weight excluding hydrogens is 310 g/mol. The van der Waals surface area contributed by atoms with Crippen LogP contribution in [-0.4, -0.2) is 59.3 Å². The monoisotopic (exact) mass is 331 g/mol. The molecule has 2 aliphatic heterocycles. The standard InChI is InChI=1S/C17H21N3O4/c1-11-13(12(2)24-18-11)8-19-5-7-23-16-10-20(9-14(16)19)17(21)15-4-3-6-22-15/h3-4,6,14,16H,5,7-10H2,1-2H3/t14-,16+/m1/s1. The highest BCUT2D eigenvalue weighted by atomic mass is 16.5. The molecule has 2 aromatic rings. The van der Waals surface area contributed by atoms with Crippen LogP contribution in [0.5, 0.6) is 0 Å². The molecule has 2 atom stereocenters. The predicted octanol–water partition coefficient (Wildman–Crippen LogP) is 1.61. The van der Waals surface area contributed by atoms with Crippen LogP contribution in [0.2, 0.25) is 0 Å². The molecule has 24 heavy (non-hydrogen) atoms. The Labute approximate surface area is 140 Å². The maximum absolute atomic E-state index is 12.5. The Morgan fingerprint density at radius 3 is 2.96 bits per heavy atom. The number of carbonyl (C=O) groups excluding carboxylic acids is 1. The average Bonchev–Trinajstić information content (AvgIpc) is 3.30.